The Morgan fingerprint density at radius 1 is 1.03 bits per heavy atom. The monoisotopic (exact) mass is 460 g/mol. The Balaban J connectivity index is 1.57. The summed E-state index contributed by atoms with van der Waals surface area (Å²) >= 11 is 0. The van der Waals surface area contributed by atoms with Gasteiger partial charge in [-0.15, -0.1) is 0 Å². The molecule has 0 radical (unpaired) electrons. The Hall–Kier alpha value is -2.53. The molecule has 3 rings (SSSR count). The Labute approximate surface area is 178 Å². The van der Waals surface area contributed by atoms with E-state index in [9.17, 15) is 21.6 Å². The van der Waals surface area contributed by atoms with Gasteiger partial charge < -0.3 is 14.2 Å². The predicted octanol–water partition coefficient (Wildman–Crippen LogP) is 3.79. The van der Waals surface area contributed by atoms with Crippen LogP contribution in [0.15, 0.2) is 41.4 Å². The molecule has 1 heterocycles. The van der Waals surface area contributed by atoms with Gasteiger partial charge in [0, 0.05) is 24.4 Å². The fourth-order valence-corrected chi connectivity index (χ4v) is 4.82. The highest BCUT2D eigenvalue weighted by atomic mass is 32.2. The number of alkyl halides is 3. The standard InChI is InChI=1S/C20H23F3N2O5S/c1-28-16-8-9-18(17(11-16)29-2)31(26,27)25-14-4-6-15(7-5-14)30-19-10-3-13(12-24-19)20(21,22)23/h3,8-12,14-15,25H,4-7H2,1-2H3. The van der Waals surface area contributed by atoms with Crippen LogP contribution in [0, 0.1) is 0 Å². The summed E-state index contributed by atoms with van der Waals surface area (Å²) in [6.07, 6.45) is -1.86. The minimum atomic E-state index is -4.45. The van der Waals surface area contributed by atoms with E-state index in [1.165, 1.54) is 32.4 Å². The van der Waals surface area contributed by atoms with Gasteiger partial charge in [0.1, 0.15) is 22.5 Å². The number of benzene rings is 1. The molecular weight excluding hydrogens is 437 g/mol. The molecule has 0 spiro atoms. The van der Waals surface area contributed by atoms with Gasteiger partial charge in [0.25, 0.3) is 0 Å². The minimum absolute atomic E-state index is 0.0168. The summed E-state index contributed by atoms with van der Waals surface area (Å²) in [5, 5.41) is 0. The number of hydrogen-bond donors (Lipinski definition) is 1. The van der Waals surface area contributed by atoms with E-state index in [0.29, 0.717) is 31.4 Å². The minimum Gasteiger partial charge on any atom is -0.497 e. The molecule has 11 heteroatoms. The lowest BCUT2D eigenvalue weighted by Gasteiger charge is -2.29. The van der Waals surface area contributed by atoms with Crippen LogP contribution in [0.4, 0.5) is 13.2 Å². The fraction of sp³-hybridized carbons (Fsp3) is 0.450. The molecule has 2 aromatic rings. The summed E-state index contributed by atoms with van der Waals surface area (Å²) in [7, 11) is -0.958. The highest BCUT2D eigenvalue weighted by Gasteiger charge is 2.31. The first kappa shape index (κ1) is 23.1. The van der Waals surface area contributed by atoms with Crippen LogP contribution >= 0.6 is 0 Å². The zero-order chi connectivity index (χ0) is 22.6. The van der Waals surface area contributed by atoms with E-state index in [1.807, 2.05) is 0 Å². The van der Waals surface area contributed by atoms with Crippen molar-refractivity contribution in [2.24, 2.45) is 0 Å². The van der Waals surface area contributed by atoms with E-state index in [1.54, 1.807) is 6.07 Å². The van der Waals surface area contributed by atoms with Gasteiger partial charge in [-0.1, -0.05) is 0 Å². The average molecular weight is 460 g/mol. The van der Waals surface area contributed by atoms with Crippen molar-refractivity contribution in [3.05, 3.63) is 42.1 Å². The molecule has 1 aromatic heterocycles. The first-order valence-corrected chi connectivity index (χ1v) is 11.0. The van der Waals surface area contributed by atoms with Crippen molar-refractivity contribution in [2.75, 3.05) is 14.2 Å². The van der Waals surface area contributed by atoms with E-state index in [4.69, 9.17) is 14.2 Å². The third-order valence-corrected chi connectivity index (χ3v) is 6.57. The van der Waals surface area contributed by atoms with Crippen LogP contribution in [-0.2, 0) is 16.2 Å². The van der Waals surface area contributed by atoms with Crippen LogP contribution in [0.5, 0.6) is 17.4 Å². The molecule has 0 saturated heterocycles. The number of nitrogens with one attached hydrogen (secondary N) is 1. The van der Waals surface area contributed by atoms with E-state index in [2.05, 4.69) is 9.71 Å². The molecule has 1 N–H and O–H groups in total. The maximum absolute atomic E-state index is 12.8. The van der Waals surface area contributed by atoms with Crippen molar-refractivity contribution in [2.45, 2.75) is 48.9 Å². The topological polar surface area (TPSA) is 86.8 Å². The van der Waals surface area contributed by atoms with Crippen LogP contribution in [0.2, 0.25) is 0 Å². The molecule has 1 aromatic carbocycles. The summed E-state index contributed by atoms with van der Waals surface area (Å²) in [5.74, 6) is 0.766. The van der Waals surface area contributed by atoms with Crippen molar-refractivity contribution in [1.29, 1.82) is 0 Å². The number of pyridine rings is 1. The molecule has 0 amide bonds. The molecule has 1 aliphatic carbocycles. The lowest BCUT2D eigenvalue weighted by molar-refractivity contribution is -0.137. The molecule has 0 bridgehead atoms. The van der Waals surface area contributed by atoms with Gasteiger partial charge in [0.05, 0.1) is 19.8 Å². The highest BCUT2D eigenvalue weighted by Crippen LogP contribution is 2.31. The lowest BCUT2D eigenvalue weighted by atomic mass is 9.94. The first-order chi connectivity index (χ1) is 14.6. The number of sulfonamides is 1. The maximum atomic E-state index is 12.8. The molecule has 170 valence electrons. The van der Waals surface area contributed by atoms with Gasteiger partial charge in [-0.05, 0) is 43.9 Å². The van der Waals surface area contributed by atoms with Gasteiger partial charge in [-0.3, -0.25) is 0 Å². The number of halogens is 3. The van der Waals surface area contributed by atoms with Gasteiger partial charge in [-0.2, -0.15) is 13.2 Å². The zero-order valence-corrected chi connectivity index (χ0v) is 17.8. The van der Waals surface area contributed by atoms with Gasteiger partial charge in [0.2, 0.25) is 15.9 Å². The van der Waals surface area contributed by atoms with Crippen LogP contribution < -0.4 is 18.9 Å². The van der Waals surface area contributed by atoms with E-state index in [-0.39, 0.29) is 28.7 Å². The molecule has 0 unspecified atom stereocenters. The van der Waals surface area contributed by atoms with Crippen LogP contribution in [0.3, 0.4) is 0 Å². The number of ether oxygens (including phenoxy) is 3. The van der Waals surface area contributed by atoms with Gasteiger partial charge >= 0.3 is 6.18 Å². The summed E-state index contributed by atoms with van der Waals surface area (Å²) in [6.45, 7) is 0. The summed E-state index contributed by atoms with van der Waals surface area (Å²) in [6, 6.07) is 6.27. The second kappa shape index (κ2) is 9.31. The zero-order valence-electron chi connectivity index (χ0n) is 17.0. The highest BCUT2D eigenvalue weighted by molar-refractivity contribution is 7.89. The first-order valence-electron chi connectivity index (χ1n) is 9.56. The molecule has 1 saturated carbocycles. The van der Waals surface area contributed by atoms with Crippen molar-refractivity contribution in [1.82, 2.24) is 9.71 Å². The van der Waals surface area contributed by atoms with Crippen molar-refractivity contribution in [3.63, 3.8) is 0 Å². The number of hydrogen-bond acceptors (Lipinski definition) is 6. The molecule has 0 aliphatic heterocycles. The van der Waals surface area contributed by atoms with Crippen molar-refractivity contribution < 1.29 is 35.8 Å². The Bertz CT molecular complexity index is 989. The molecule has 0 atom stereocenters. The molecular formula is C20H23F3N2O5S. The molecule has 1 aliphatic rings. The van der Waals surface area contributed by atoms with Gasteiger partial charge in [-0.25, -0.2) is 18.1 Å². The normalized spacial score (nSPS) is 19.6. The lowest BCUT2D eigenvalue weighted by Crippen LogP contribution is -2.39. The Morgan fingerprint density at radius 3 is 2.29 bits per heavy atom. The number of methoxy groups -OCH3 is 2. The maximum Gasteiger partial charge on any atom is 0.417 e. The molecule has 7 nitrogen and oxygen atoms in total. The van der Waals surface area contributed by atoms with Crippen LogP contribution in [-0.4, -0.2) is 39.8 Å². The molecule has 1 fully saturated rings. The smallest absolute Gasteiger partial charge is 0.417 e. The van der Waals surface area contributed by atoms with Crippen molar-refractivity contribution in [3.8, 4) is 17.4 Å². The third kappa shape index (κ3) is 5.79. The van der Waals surface area contributed by atoms with Gasteiger partial charge in [0.15, 0.2) is 0 Å². The largest absolute Gasteiger partial charge is 0.497 e. The number of nitrogens with zero attached hydrogens (tertiary/aromatic N) is 1. The van der Waals surface area contributed by atoms with E-state index in [0.717, 1.165) is 12.3 Å². The second-order valence-corrected chi connectivity index (χ2v) is 8.79. The second-order valence-electron chi connectivity index (χ2n) is 7.11. The third-order valence-electron chi connectivity index (χ3n) is 5.01. The number of aromatic nitrogens is 1. The van der Waals surface area contributed by atoms with Crippen molar-refractivity contribution >= 4 is 10.0 Å². The average Bonchev–Trinajstić information content (AvgIpc) is 2.74. The molecule has 31 heavy (non-hydrogen) atoms. The summed E-state index contributed by atoms with van der Waals surface area (Å²) in [4.78, 5) is 3.73. The van der Waals surface area contributed by atoms with Crippen LogP contribution in [0.25, 0.3) is 0 Å². The summed E-state index contributed by atoms with van der Waals surface area (Å²) < 4.78 is 82.1. The quantitative estimate of drug-likeness (QED) is 0.677. The number of rotatable bonds is 7. The summed E-state index contributed by atoms with van der Waals surface area (Å²) in [5.41, 5.74) is -0.841. The Kier molecular flexibility index (Phi) is 6.95. The Morgan fingerprint density at radius 2 is 1.74 bits per heavy atom. The fourth-order valence-electron chi connectivity index (χ4n) is 3.37. The predicted molar refractivity (Wildman–Crippen MR) is 106 cm³/mol. The SMILES string of the molecule is COc1ccc(S(=O)(=O)NC2CCC(Oc3ccc(C(F)(F)F)cn3)CC2)c(OC)c1. The van der Waals surface area contributed by atoms with Crippen LogP contribution in [0.1, 0.15) is 31.2 Å². The van der Waals surface area contributed by atoms with E-state index < -0.39 is 21.8 Å². The van der Waals surface area contributed by atoms with E-state index >= 15 is 0 Å².